The molecule has 2 aliphatic rings. The van der Waals surface area contributed by atoms with Crippen molar-refractivity contribution in [1.29, 1.82) is 0 Å². The van der Waals surface area contributed by atoms with E-state index in [1.54, 1.807) is 4.90 Å². The van der Waals surface area contributed by atoms with Crippen molar-refractivity contribution in [3.8, 4) is 11.4 Å². The SMILES string of the molecule is Cc1ccc(-c2nnn(CC(=O)N(C[C@H]3CCCO3)[C@H](C(=O)NC3CCCC3)c3cccs3)n2)cc1. The molecule has 1 aromatic carbocycles. The Morgan fingerprint density at radius 3 is 2.67 bits per heavy atom. The lowest BCUT2D eigenvalue weighted by Gasteiger charge is -2.32. The Morgan fingerprint density at radius 2 is 1.97 bits per heavy atom. The molecule has 0 bridgehead atoms. The molecule has 9 nitrogen and oxygen atoms in total. The van der Waals surface area contributed by atoms with Crippen LogP contribution in [0, 0.1) is 6.92 Å². The van der Waals surface area contributed by atoms with Crippen LogP contribution in [0.2, 0.25) is 0 Å². The Kier molecular flexibility index (Phi) is 7.72. The molecule has 0 unspecified atom stereocenters. The second-order valence-corrected chi connectivity index (χ2v) is 10.6. The highest BCUT2D eigenvalue weighted by atomic mass is 32.1. The molecular formula is C26H32N6O3S. The minimum absolute atomic E-state index is 0.0949. The van der Waals surface area contributed by atoms with E-state index in [9.17, 15) is 9.59 Å². The van der Waals surface area contributed by atoms with Gasteiger partial charge in [0.25, 0.3) is 0 Å². The van der Waals surface area contributed by atoms with Gasteiger partial charge in [0, 0.05) is 29.6 Å². The van der Waals surface area contributed by atoms with Gasteiger partial charge in [0.15, 0.2) is 0 Å². The Labute approximate surface area is 214 Å². The first-order valence-electron chi connectivity index (χ1n) is 12.7. The molecule has 5 rings (SSSR count). The summed E-state index contributed by atoms with van der Waals surface area (Å²) in [7, 11) is 0. The molecule has 3 heterocycles. The first-order chi connectivity index (χ1) is 17.6. The predicted octanol–water partition coefficient (Wildman–Crippen LogP) is 3.52. The number of aryl methyl sites for hydroxylation is 1. The lowest BCUT2D eigenvalue weighted by atomic mass is 10.1. The van der Waals surface area contributed by atoms with Gasteiger partial charge in [-0.15, -0.1) is 21.5 Å². The van der Waals surface area contributed by atoms with Gasteiger partial charge in [-0.25, -0.2) is 0 Å². The van der Waals surface area contributed by atoms with E-state index in [0.29, 0.717) is 19.0 Å². The number of carbonyl (C=O) groups excluding carboxylic acids is 2. The zero-order chi connectivity index (χ0) is 24.9. The van der Waals surface area contributed by atoms with Crippen molar-refractivity contribution in [2.75, 3.05) is 13.2 Å². The highest BCUT2D eigenvalue weighted by Crippen LogP contribution is 2.29. The number of thiophene rings is 1. The standard InChI is InChI=1S/C26H32N6O3S/c1-18-10-12-19(13-11-18)25-28-30-32(29-25)17-23(33)31(16-21-8-4-14-35-21)24(22-9-5-15-36-22)26(34)27-20-6-2-3-7-20/h5,9-13,15,20-21,24H,2-4,6-8,14,16-17H2,1H3,(H,27,34)/t21-,24+/m1/s1. The van der Waals surface area contributed by atoms with Crippen molar-refractivity contribution >= 4 is 23.2 Å². The fourth-order valence-electron chi connectivity index (χ4n) is 4.92. The minimum Gasteiger partial charge on any atom is -0.376 e. The predicted molar refractivity (Wildman–Crippen MR) is 136 cm³/mol. The number of tetrazole rings is 1. The van der Waals surface area contributed by atoms with Gasteiger partial charge in [-0.2, -0.15) is 4.80 Å². The average molecular weight is 509 g/mol. The van der Waals surface area contributed by atoms with E-state index >= 15 is 0 Å². The number of hydrogen-bond acceptors (Lipinski definition) is 7. The van der Waals surface area contributed by atoms with Crippen LogP contribution in [0.1, 0.15) is 55.0 Å². The number of benzene rings is 1. The van der Waals surface area contributed by atoms with Crippen molar-refractivity contribution < 1.29 is 14.3 Å². The Bertz CT molecular complexity index is 1150. The fourth-order valence-corrected chi connectivity index (χ4v) is 5.76. The number of nitrogens with one attached hydrogen (secondary N) is 1. The molecule has 1 saturated heterocycles. The van der Waals surface area contributed by atoms with Crippen LogP contribution in [0.3, 0.4) is 0 Å². The van der Waals surface area contributed by atoms with Gasteiger partial charge < -0.3 is 15.0 Å². The highest BCUT2D eigenvalue weighted by Gasteiger charge is 2.36. The average Bonchev–Trinajstić information content (AvgIpc) is 3.68. The molecule has 10 heteroatoms. The highest BCUT2D eigenvalue weighted by molar-refractivity contribution is 7.10. The van der Waals surface area contributed by atoms with E-state index in [-0.39, 0.29) is 30.5 Å². The summed E-state index contributed by atoms with van der Waals surface area (Å²) in [6, 6.07) is 11.1. The summed E-state index contributed by atoms with van der Waals surface area (Å²) < 4.78 is 5.86. The number of amides is 2. The quantitative estimate of drug-likeness (QED) is 0.475. The third kappa shape index (κ3) is 5.82. The first-order valence-corrected chi connectivity index (χ1v) is 13.5. The van der Waals surface area contributed by atoms with E-state index in [1.807, 2.05) is 48.7 Å². The second-order valence-electron chi connectivity index (χ2n) is 9.60. The van der Waals surface area contributed by atoms with Gasteiger partial charge in [-0.3, -0.25) is 9.59 Å². The van der Waals surface area contributed by atoms with Crippen molar-refractivity contribution in [3.05, 3.63) is 52.2 Å². The molecular weight excluding hydrogens is 476 g/mol. The van der Waals surface area contributed by atoms with Crippen molar-refractivity contribution in [1.82, 2.24) is 30.4 Å². The maximum Gasteiger partial charge on any atom is 0.248 e. The summed E-state index contributed by atoms with van der Waals surface area (Å²) in [5.41, 5.74) is 1.98. The summed E-state index contributed by atoms with van der Waals surface area (Å²) in [4.78, 5) is 31.1. The van der Waals surface area contributed by atoms with Gasteiger partial charge in [0.1, 0.15) is 12.6 Å². The molecule has 2 fully saturated rings. The maximum atomic E-state index is 13.7. The smallest absolute Gasteiger partial charge is 0.248 e. The van der Waals surface area contributed by atoms with Gasteiger partial charge in [-0.1, -0.05) is 48.7 Å². The minimum atomic E-state index is -0.720. The van der Waals surface area contributed by atoms with Crippen LogP contribution in [0.4, 0.5) is 0 Å². The number of hydrogen-bond donors (Lipinski definition) is 1. The van der Waals surface area contributed by atoms with Gasteiger partial charge in [-0.05, 0) is 49.3 Å². The van der Waals surface area contributed by atoms with Crippen LogP contribution in [-0.2, 0) is 20.9 Å². The van der Waals surface area contributed by atoms with E-state index in [2.05, 4.69) is 20.7 Å². The van der Waals surface area contributed by atoms with Crippen LogP contribution in [-0.4, -0.2) is 62.2 Å². The monoisotopic (exact) mass is 508 g/mol. The first kappa shape index (κ1) is 24.6. The zero-order valence-corrected chi connectivity index (χ0v) is 21.3. The van der Waals surface area contributed by atoms with Crippen molar-refractivity contribution in [2.45, 2.75) is 70.2 Å². The summed E-state index contributed by atoms with van der Waals surface area (Å²) in [5, 5.41) is 17.8. The number of carbonyl (C=O) groups is 2. The summed E-state index contributed by atoms with van der Waals surface area (Å²) in [6.07, 6.45) is 5.92. The van der Waals surface area contributed by atoms with E-state index in [1.165, 1.54) is 16.1 Å². The molecule has 2 atom stereocenters. The number of nitrogens with zero attached hydrogens (tertiary/aromatic N) is 5. The molecule has 1 aliphatic carbocycles. The number of aromatic nitrogens is 4. The number of ether oxygens (including phenoxy) is 1. The molecule has 1 aliphatic heterocycles. The summed E-state index contributed by atoms with van der Waals surface area (Å²) in [5.74, 6) is 0.0863. The maximum absolute atomic E-state index is 13.7. The molecule has 2 amide bonds. The Hall–Kier alpha value is -3.11. The fraction of sp³-hybridized carbons (Fsp3) is 0.500. The van der Waals surface area contributed by atoms with Crippen LogP contribution in [0.5, 0.6) is 0 Å². The lowest BCUT2D eigenvalue weighted by molar-refractivity contribution is -0.143. The van der Waals surface area contributed by atoms with Gasteiger partial charge in [0.05, 0.1) is 6.10 Å². The van der Waals surface area contributed by atoms with Crippen LogP contribution in [0.25, 0.3) is 11.4 Å². The van der Waals surface area contributed by atoms with E-state index in [4.69, 9.17) is 4.74 Å². The molecule has 0 spiro atoms. The molecule has 1 N–H and O–H groups in total. The van der Waals surface area contributed by atoms with Gasteiger partial charge in [0.2, 0.25) is 17.6 Å². The molecule has 2 aromatic heterocycles. The molecule has 190 valence electrons. The number of rotatable bonds is 9. The topological polar surface area (TPSA) is 102 Å². The van der Waals surface area contributed by atoms with Gasteiger partial charge >= 0.3 is 0 Å². The summed E-state index contributed by atoms with van der Waals surface area (Å²) >= 11 is 1.48. The van der Waals surface area contributed by atoms with E-state index < -0.39 is 6.04 Å². The third-order valence-corrected chi connectivity index (χ3v) is 7.78. The third-order valence-electron chi connectivity index (χ3n) is 6.86. The largest absolute Gasteiger partial charge is 0.376 e. The normalized spacial score (nSPS) is 18.9. The van der Waals surface area contributed by atoms with Crippen LogP contribution < -0.4 is 5.32 Å². The van der Waals surface area contributed by atoms with Crippen LogP contribution in [0.15, 0.2) is 41.8 Å². The van der Waals surface area contributed by atoms with Crippen molar-refractivity contribution in [2.24, 2.45) is 0 Å². The zero-order valence-electron chi connectivity index (χ0n) is 20.5. The van der Waals surface area contributed by atoms with Crippen LogP contribution >= 0.6 is 11.3 Å². The Morgan fingerprint density at radius 1 is 1.17 bits per heavy atom. The summed E-state index contributed by atoms with van der Waals surface area (Å²) in [6.45, 7) is 2.93. The second kappa shape index (κ2) is 11.3. The lowest BCUT2D eigenvalue weighted by Crippen LogP contribution is -2.49. The molecule has 0 radical (unpaired) electrons. The molecule has 1 saturated carbocycles. The van der Waals surface area contributed by atoms with Crippen molar-refractivity contribution in [3.63, 3.8) is 0 Å². The Balaban J connectivity index is 1.38. The molecule has 3 aromatic rings. The van der Waals surface area contributed by atoms with E-state index in [0.717, 1.165) is 54.5 Å². The molecule has 36 heavy (non-hydrogen) atoms.